The molecule has 25 heavy (non-hydrogen) atoms. The van der Waals surface area contributed by atoms with Crippen molar-refractivity contribution in [3.8, 4) is 5.75 Å². The van der Waals surface area contributed by atoms with E-state index in [4.69, 9.17) is 4.74 Å². The van der Waals surface area contributed by atoms with Gasteiger partial charge in [0, 0.05) is 30.4 Å². The van der Waals surface area contributed by atoms with Gasteiger partial charge in [-0.1, -0.05) is 25.1 Å². The average Bonchev–Trinajstić information content (AvgIpc) is 2.62. The number of ether oxygens (including phenoxy) is 1. The van der Waals surface area contributed by atoms with E-state index in [1.165, 1.54) is 24.9 Å². The quantitative estimate of drug-likeness (QED) is 0.889. The number of hydrogen-bond acceptors (Lipinski definition) is 3. The molecule has 2 aromatic carbocycles. The molecule has 2 aromatic rings. The first-order valence-electron chi connectivity index (χ1n) is 8.91. The Balaban J connectivity index is 1.60. The zero-order valence-corrected chi connectivity index (χ0v) is 15.0. The van der Waals surface area contributed by atoms with E-state index in [1.54, 1.807) is 7.11 Å². The Hall–Kier alpha value is -2.33. The van der Waals surface area contributed by atoms with Crippen LogP contribution < -0.4 is 10.1 Å². The first-order chi connectivity index (χ1) is 12.1. The Morgan fingerprint density at radius 1 is 1.24 bits per heavy atom. The standard InChI is InChI=1S/C21H26N2O2/c1-16-5-4-12-23(14-16)15-17-8-10-18(11-9-17)21(24)22-19-6-3-7-20(13-19)25-2/h3,6-11,13,16H,4-5,12,14-15H2,1-2H3,(H,22,24)/t16-/m0/s1. The van der Waals surface area contributed by atoms with E-state index in [-0.39, 0.29) is 5.91 Å². The van der Waals surface area contributed by atoms with Crippen LogP contribution >= 0.6 is 0 Å². The monoisotopic (exact) mass is 338 g/mol. The first kappa shape index (κ1) is 17.5. The van der Waals surface area contributed by atoms with Crippen molar-refractivity contribution in [1.82, 2.24) is 4.90 Å². The summed E-state index contributed by atoms with van der Waals surface area (Å²) in [4.78, 5) is 14.9. The van der Waals surface area contributed by atoms with Gasteiger partial charge in [0.15, 0.2) is 0 Å². The molecule has 0 unspecified atom stereocenters. The number of benzene rings is 2. The predicted molar refractivity (Wildman–Crippen MR) is 101 cm³/mol. The zero-order chi connectivity index (χ0) is 17.6. The molecule has 0 saturated carbocycles. The number of rotatable bonds is 5. The van der Waals surface area contributed by atoms with Crippen molar-refractivity contribution < 1.29 is 9.53 Å². The fourth-order valence-electron chi connectivity index (χ4n) is 3.35. The highest BCUT2D eigenvalue weighted by Gasteiger charge is 2.16. The molecule has 1 aliphatic heterocycles. The van der Waals surface area contributed by atoms with Crippen LogP contribution in [-0.2, 0) is 6.54 Å². The van der Waals surface area contributed by atoms with E-state index in [1.807, 2.05) is 36.4 Å². The summed E-state index contributed by atoms with van der Waals surface area (Å²) in [5.41, 5.74) is 2.65. The summed E-state index contributed by atoms with van der Waals surface area (Å²) in [7, 11) is 1.61. The van der Waals surface area contributed by atoms with Gasteiger partial charge in [0.2, 0.25) is 0 Å². The summed E-state index contributed by atoms with van der Waals surface area (Å²) in [6.07, 6.45) is 2.61. The van der Waals surface area contributed by atoms with Crippen LogP contribution in [0.3, 0.4) is 0 Å². The minimum atomic E-state index is -0.105. The van der Waals surface area contributed by atoms with Crippen molar-refractivity contribution in [2.75, 3.05) is 25.5 Å². The fraction of sp³-hybridized carbons (Fsp3) is 0.381. The normalized spacial score (nSPS) is 17.9. The zero-order valence-electron chi connectivity index (χ0n) is 15.0. The fourth-order valence-corrected chi connectivity index (χ4v) is 3.35. The van der Waals surface area contributed by atoms with Gasteiger partial charge in [-0.25, -0.2) is 0 Å². The molecule has 0 spiro atoms. The lowest BCUT2D eigenvalue weighted by atomic mass is 9.99. The first-order valence-corrected chi connectivity index (χ1v) is 8.91. The number of nitrogens with zero attached hydrogens (tertiary/aromatic N) is 1. The van der Waals surface area contributed by atoms with E-state index in [9.17, 15) is 4.79 Å². The molecule has 1 N–H and O–H groups in total. The van der Waals surface area contributed by atoms with Gasteiger partial charge in [0.1, 0.15) is 5.75 Å². The van der Waals surface area contributed by atoms with Crippen LogP contribution in [0.4, 0.5) is 5.69 Å². The van der Waals surface area contributed by atoms with E-state index >= 15 is 0 Å². The summed E-state index contributed by atoms with van der Waals surface area (Å²) in [5, 5.41) is 2.91. The molecule has 132 valence electrons. The van der Waals surface area contributed by atoms with Gasteiger partial charge in [-0.3, -0.25) is 9.69 Å². The minimum absolute atomic E-state index is 0.105. The summed E-state index contributed by atoms with van der Waals surface area (Å²) in [6, 6.07) is 15.3. The molecule has 4 heteroatoms. The van der Waals surface area contributed by atoms with Gasteiger partial charge in [-0.2, -0.15) is 0 Å². The van der Waals surface area contributed by atoms with E-state index in [0.29, 0.717) is 5.56 Å². The van der Waals surface area contributed by atoms with E-state index in [2.05, 4.69) is 29.3 Å². The molecule has 0 aliphatic carbocycles. The smallest absolute Gasteiger partial charge is 0.255 e. The SMILES string of the molecule is COc1cccc(NC(=O)c2ccc(CN3CCC[C@H](C)C3)cc2)c1. The number of piperidine rings is 1. The molecule has 0 bridgehead atoms. The van der Waals surface area contributed by atoms with Gasteiger partial charge < -0.3 is 10.1 Å². The second-order valence-corrected chi connectivity index (χ2v) is 6.87. The Bertz CT molecular complexity index is 712. The van der Waals surface area contributed by atoms with Crippen LogP contribution in [0.2, 0.25) is 0 Å². The highest BCUT2D eigenvalue weighted by atomic mass is 16.5. The molecule has 0 aromatic heterocycles. The van der Waals surface area contributed by atoms with Crippen molar-refractivity contribution in [3.05, 3.63) is 59.7 Å². The van der Waals surface area contributed by atoms with Crippen LogP contribution in [0.15, 0.2) is 48.5 Å². The number of amides is 1. The highest BCUT2D eigenvalue weighted by Crippen LogP contribution is 2.19. The topological polar surface area (TPSA) is 41.6 Å². The van der Waals surface area contributed by atoms with Crippen molar-refractivity contribution >= 4 is 11.6 Å². The Morgan fingerprint density at radius 3 is 2.76 bits per heavy atom. The minimum Gasteiger partial charge on any atom is -0.497 e. The Kier molecular flexibility index (Phi) is 5.71. The van der Waals surface area contributed by atoms with Crippen LogP contribution in [0.5, 0.6) is 5.75 Å². The lowest BCUT2D eigenvalue weighted by Gasteiger charge is -2.30. The largest absolute Gasteiger partial charge is 0.497 e. The van der Waals surface area contributed by atoms with Crippen LogP contribution in [0.1, 0.15) is 35.7 Å². The van der Waals surface area contributed by atoms with E-state index < -0.39 is 0 Å². The van der Waals surface area contributed by atoms with Crippen molar-refractivity contribution in [1.29, 1.82) is 0 Å². The van der Waals surface area contributed by atoms with Crippen molar-refractivity contribution in [2.45, 2.75) is 26.3 Å². The molecule has 1 atom stereocenters. The number of anilines is 1. The maximum Gasteiger partial charge on any atom is 0.255 e. The maximum atomic E-state index is 12.4. The number of hydrogen-bond donors (Lipinski definition) is 1. The molecule has 4 nitrogen and oxygen atoms in total. The van der Waals surface area contributed by atoms with Gasteiger partial charge in [-0.15, -0.1) is 0 Å². The van der Waals surface area contributed by atoms with Crippen LogP contribution in [-0.4, -0.2) is 31.0 Å². The Morgan fingerprint density at radius 2 is 2.04 bits per heavy atom. The van der Waals surface area contributed by atoms with E-state index in [0.717, 1.165) is 30.4 Å². The lowest BCUT2D eigenvalue weighted by Crippen LogP contribution is -2.33. The number of methoxy groups -OCH3 is 1. The molecule has 1 saturated heterocycles. The third kappa shape index (κ3) is 4.83. The molecular weight excluding hydrogens is 312 g/mol. The molecular formula is C21H26N2O2. The molecule has 1 amide bonds. The number of carbonyl (C=O) groups excluding carboxylic acids is 1. The Labute approximate surface area is 149 Å². The van der Waals surface area contributed by atoms with Gasteiger partial charge in [0.05, 0.1) is 7.11 Å². The third-order valence-electron chi connectivity index (χ3n) is 4.69. The number of likely N-dealkylation sites (tertiary alicyclic amines) is 1. The van der Waals surface area contributed by atoms with Gasteiger partial charge >= 0.3 is 0 Å². The van der Waals surface area contributed by atoms with Crippen molar-refractivity contribution in [3.63, 3.8) is 0 Å². The third-order valence-corrected chi connectivity index (χ3v) is 4.69. The maximum absolute atomic E-state index is 12.4. The van der Waals surface area contributed by atoms with Gasteiger partial charge in [-0.05, 0) is 55.1 Å². The lowest BCUT2D eigenvalue weighted by molar-refractivity contribution is 0.102. The summed E-state index contributed by atoms with van der Waals surface area (Å²) in [5.74, 6) is 1.40. The van der Waals surface area contributed by atoms with Crippen LogP contribution in [0.25, 0.3) is 0 Å². The number of nitrogens with one attached hydrogen (secondary N) is 1. The summed E-state index contributed by atoms with van der Waals surface area (Å²) in [6.45, 7) is 5.61. The predicted octanol–water partition coefficient (Wildman–Crippen LogP) is 4.18. The molecule has 3 rings (SSSR count). The number of carbonyl (C=O) groups is 1. The summed E-state index contributed by atoms with van der Waals surface area (Å²) < 4.78 is 5.18. The van der Waals surface area contributed by atoms with Crippen molar-refractivity contribution in [2.24, 2.45) is 5.92 Å². The summed E-state index contributed by atoms with van der Waals surface area (Å²) >= 11 is 0. The van der Waals surface area contributed by atoms with Crippen LogP contribution in [0, 0.1) is 5.92 Å². The molecule has 1 heterocycles. The second-order valence-electron chi connectivity index (χ2n) is 6.87. The highest BCUT2D eigenvalue weighted by molar-refractivity contribution is 6.04. The average molecular weight is 338 g/mol. The molecule has 1 fully saturated rings. The van der Waals surface area contributed by atoms with Gasteiger partial charge in [0.25, 0.3) is 5.91 Å². The second kappa shape index (κ2) is 8.17. The molecule has 0 radical (unpaired) electrons. The molecule has 1 aliphatic rings.